The Labute approximate surface area is 279 Å². The average Bonchev–Trinajstić information content (AvgIpc) is 3.43. The first-order valence-electron chi connectivity index (χ1n) is 17.7. The number of hydrogen-bond acceptors (Lipinski definition) is 2. The van der Waals surface area contributed by atoms with Crippen LogP contribution in [-0.2, 0) is 5.66 Å². The van der Waals surface area contributed by atoms with Crippen LogP contribution in [0.1, 0.15) is 56.6 Å². The van der Waals surface area contributed by atoms with Gasteiger partial charge in [-0.1, -0.05) is 139 Å². The molecule has 234 valence electrons. The van der Waals surface area contributed by atoms with Crippen LogP contribution in [0.25, 0.3) is 10.8 Å². The number of nitrogens with zero attached hydrogens (tertiary/aromatic N) is 1. The summed E-state index contributed by atoms with van der Waals surface area (Å²) >= 11 is 0. The summed E-state index contributed by atoms with van der Waals surface area (Å²) in [7, 11) is 0. The van der Waals surface area contributed by atoms with Crippen LogP contribution in [0.5, 0.6) is 0 Å². The lowest BCUT2D eigenvalue weighted by atomic mass is 9.52. The molecule has 1 heterocycles. The van der Waals surface area contributed by atoms with E-state index in [1.54, 1.807) is 11.1 Å². The summed E-state index contributed by atoms with van der Waals surface area (Å²) in [4.78, 5) is 2.57. The molecule has 2 nitrogen and oxygen atoms in total. The molecular weight excluding hydrogens is 569 g/mol. The molecule has 1 aliphatic heterocycles. The molecule has 7 unspecified atom stereocenters. The van der Waals surface area contributed by atoms with Gasteiger partial charge in [-0.3, -0.25) is 0 Å². The van der Waals surface area contributed by atoms with Gasteiger partial charge in [-0.15, -0.1) is 0 Å². The van der Waals surface area contributed by atoms with E-state index in [2.05, 4.69) is 164 Å². The largest absolute Gasteiger partial charge is 0.357 e. The highest BCUT2D eigenvalue weighted by Crippen LogP contribution is 2.59. The molecule has 0 bridgehead atoms. The maximum Gasteiger partial charge on any atom is 0.138 e. The van der Waals surface area contributed by atoms with Crippen molar-refractivity contribution in [3.63, 3.8) is 0 Å². The summed E-state index contributed by atoms with van der Waals surface area (Å²) in [6.07, 6.45) is 22.0. The van der Waals surface area contributed by atoms with Gasteiger partial charge in [0.2, 0.25) is 0 Å². The molecular formula is C45H44N2. The van der Waals surface area contributed by atoms with Crippen LogP contribution in [0.15, 0.2) is 156 Å². The van der Waals surface area contributed by atoms with Crippen molar-refractivity contribution in [1.82, 2.24) is 0 Å². The molecule has 1 saturated carbocycles. The fraction of sp³-hybridized carbons (Fsp3) is 0.289. The number of anilines is 2. The van der Waals surface area contributed by atoms with Gasteiger partial charge in [0.25, 0.3) is 0 Å². The summed E-state index contributed by atoms with van der Waals surface area (Å²) in [6, 6.07) is 35.9. The summed E-state index contributed by atoms with van der Waals surface area (Å²) in [6.45, 7) is 4.79. The van der Waals surface area contributed by atoms with Crippen molar-refractivity contribution in [3.8, 4) is 0 Å². The van der Waals surface area contributed by atoms with Crippen LogP contribution in [0.2, 0.25) is 0 Å². The molecule has 9 rings (SSSR count). The second kappa shape index (κ2) is 11.3. The zero-order chi connectivity index (χ0) is 31.5. The Morgan fingerprint density at radius 3 is 2.36 bits per heavy atom. The smallest absolute Gasteiger partial charge is 0.138 e. The molecule has 1 fully saturated rings. The summed E-state index contributed by atoms with van der Waals surface area (Å²) in [5.41, 5.74) is 9.65. The molecule has 1 N–H and O–H groups in total. The fourth-order valence-corrected chi connectivity index (χ4v) is 9.85. The van der Waals surface area contributed by atoms with E-state index in [0.29, 0.717) is 29.6 Å². The van der Waals surface area contributed by atoms with Crippen LogP contribution in [0, 0.1) is 29.6 Å². The molecule has 0 aromatic heterocycles. The van der Waals surface area contributed by atoms with Gasteiger partial charge in [0, 0.05) is 11.6 Å². The molecule has 5 aliphatic rings. The van der Waals surface area contributed by atoms with Crippen molar-refractivity contribution >= 4 is 22.1 Å². The molecule has 0 spiro atoms. The minimum Gasteiger partial charge on any atom is -0.357 e. The number of allylic oxidation sites excluding steroid dienone is 10. The quantitative estimate of drug-likeness (QED) is 0.231. The van der Waals surface area contributed by atoms with Gasteiger partial charge in [0.1, 0.15) is 5.66 Å². The normalized spacial score (nSPS) is 30.9. The van der Waals surface area contributed by atoms with Gasteiger partial charge in [-0.2, -0.15) is 0 Å². The minimum atomic E-state index is -0.338. The predicted molar refractivity (Wildman–Crippen MR) is 197 cm³/mol. The minimum absolute atomic E-state index is 0.338. The molecule has 0 saturated heterocycles. The lowest BCUT2D eigenvalue weighted by Gasteiger charge is -2.52. The zero-order valence-corrected chi connectivity index (χ0v) is 27.5. The van der Waals surface area contributed by atoms with Gasteiger partial charge in [0.05, 0.1) is 11.4 Å². The molecule has 2 heteroatoms. The Kier molecular flexibility index (Phi) is 6.89. The van der Waals surface area contributed by atoms with E-state index in [1.165, 1.54) is 51.8 Å². The van der Waals surface area contributed by atoms with E-state index < -0.39 is 0 Å². The highest BCUT2D eigenvalue weighted by molar-refractivity contribution is 5.83. The number of fused-ring (bicyclic) bond motifs is 4. The fourth-order valence-electron chi connectivity index (χ4n) is 9.85. The van der Waals surface area contributed by atoms with Crippen LogP contribution in [0.4, 0.5) is 11.4 Å². The summed E-state index contributed by atoms with van der Waals surface area (Å²) < 4.78 is 0. The monoisotopic (exact) mass is 612 g/mol. The third-order valence-corrected chi connectivity index (χ3v) is 12.0. The van der Waals surface area contributed by atoms with E-state index >= 15 is 0 Å². The van der Waals surface area contributed by atoms with Crippen LogP contribution >= 0.6 is 0 Å². The van der Waals surface area contributed by atoms with Crippen molar-refractivity contribution in [1.29, 1.82) is 0 Å². The average molecular weight is 613 g/mol. The number of para-hydroxylation sites is 2. The molecule has 4 aliphatic carbocycles. The van der Waals surface area contributed by atoms with E-state index in [4.69, 9.17) is 0 Å². The Hall–Kier alpha value is -4.56. The number of benzene rings is 4. The van der Waals surface area contributed by atoms with Gasteiger partial charge >= 0.3 is 0 Å². The van der Waals surface area contributed by atoms with Crippen LogP contribution < -0.4 is 10.2 Å². The van der Waals surface area contributed by atoms with Crippen molar-refractivity contribution in [2.45, 2.75) is 51.1 Å². The maximum atomic E-state index is 3.90. The lowest BCUT2D eigenvalue weighted by Crippen LogP contribution is -2.45. The molecule has 4 aromatic carbocycles. The van der Waals surface area contributed by atoms with Crippen LogP contribution in [0.3, 0.4) is 0 Å². The van der Waals surface area contributed by atoms with Crippen molar-refractivity contribution in [3.05, 3.63) is 168 Å². The van der Waals surface area contributed by atoms with Crippen molar-refractivity contribution < 1.29 is 0 Å². The molecule has 0 radical (unpaired) electrons. The Bertz CT molecular complexity index is 1990. The van der Waals surface area contributed by atoms with Gasteiger partial charge in [-0.05, 0) is 102 Å². The predicted octanol–water partition coefficient (Wildman–Crippen LogP) is 11.3. The first kappa shape index (κ1) is 28.6. The Balaban J connectivity index is 1.11. The molecule has 4 aromatic rings. The van der Waals surface area contributed by atoms with E-state index in [-0.39, 0.29) is 5.66 Å². The first-order valence-corrected chi connectivity index (χ1v) is 17.7. The number of hydrogen-bond donors (Lipinski definition) is 1. The van der Waals surface area contributed by atoms with E-state index in [9.17, 15) is 0 Å². The maximum absolute atomic E-state index is 3.90. The second-order valence-corrected chi connectivity index (χ2v) is 14.7. The van der Waals surface area contributed by atoms with Crippen molar-refractivity contribution in [2.24, 2.45) is 29.6 Å². The number of nitrogens with one attached hydrogen (secondary N) is 1. The zero-order valence-electron chi connectivity index (χ0n) is 27.5. The number of rotatable bonds is 4. The Morgan fingerprint density at radius 2 is 1.53 bits per heavy atom. The van der Waals surface area contributed by atoms with E-state index in [1.807, 2.05) is 0 Å². The molecule has 7 atom stereocenters. The standard InChI is InChI=1S/C45H44N2/c1-30-20-27-39-40(28-30)44(34-22-21-31-12-6-7-13-33(31)29-34)38-17-9-8-16-37(38)43(39)32-23-25-36(26-24-32)47-42-19-11-10-18-41(42)46-45(47,2)35-14-4-3-5-15-35/h3-19,21-23,25,27,29-30,37-38,40,43-44,46H,20,24,26,28H2,1-2H3. The highest BCUT2D eigenvalue weighted by atomic mass is 15.4. The second-order valence-electron chi connectivity index (χ2n) is 14.7. The summed E-state index contributed by atoms with van der Waals surface area (Å²) in [5.74, 6) is 3.25. The van der Waals surface area contributed by atoms with Gasteiger partial charge < -0.3 is 10.2 Å². The topological polar surface area (TPSA) is 15.3 Å². The third kappa shape index (κ3) is 4.67. The Morgan fingerprint density at radius 1 is 0.766 bits per heavy atom. The highest BCUT2D eigenvalue weighted by Gasteiger charge is 2.49. The van der Waals surface area contributed by atoms with E-state index in [0.717, 1.165) is 18.8 Å². The van der Waals surface area contributed by atoms with Gasteiger partial charge in [0.15, 0.2) is 0 Å². The molecule has 0 amide bonds. The van der Waals surface area contributed by atoms with Crippen LogP contribution in [-0.4, -0.2) is 0 Å². The van der Waals surface area contributed by atoms with Crippen molar-refractivity contribution in [2.75, 3.05) is 10.2 Å². The first-order chi connectivity index (χ1) is 23.1. The SMILES string of the molecule is CC1CC=C2C(C1)C(c1ccc3ccccc3c1)C1C=CC=CC1C2C1=CC=C(N2c3ccccc3NC2(C)c2ccccc2)CC1. The third-order valence-electron chi connectivity index (χ3n) is 12.0. The van der Waals surface area contributed by atoms with Gasteiger partial charge in [-0.25, -0.2) is 0 Å². The molecule has 47 heavy (non-hydrogen) atoms. The lowest BCUT2D eigenvalue weighted by molar-refractivity contribution is 0.187. The summed E-state index contributed by atoms with van der Waals surface area (Å²) in [5, 5.41) is 6.60.